The number of nitrogens with zero attached hydrogens (tertiary/aromatic N) is 2. The number of aromatic amines is 1. The quantitative estimate of drug-likeness (QED) is 0.891. The molecule has 0 amide bonds. The molecule has 1 saturated heterocycles. The number of likely N-dealkylation sites (N-methyl/N-ethyl adjacent to an activating group) is 1. The molecule has 2 aromatic rings. The zero-order chi connectivity index (χ0) is 15.4. The number of H-pyrrole nitrogens is 1. The summed E-state index contributed by atoms with van der Waals surface area (Å²) in [6, 6.07) is 6.61. The largest absolute Gasteiger partial charge is 0.497 e. The van der Waals surface area contributed by atoms with Gasteiger partial charge in [0.1, 0.15) is 11.6 Å². The Bertz CT molecular complexity index is 605. The van der Waals surface area contributed by atoms with Gasteiger partial charge in [-0.25, -0.2) is 4.98 Å². The monoisotopic (exact) mass is 303 g/mol. The summed E-state index contributed by atoms with van der Waals surface area (Å²) in [7, 11) is 1.69. The number of benzene rings is 1. The summed E-state index contributed by atoms with van der Waals surface area (Å²) in [4.78, 5) is 10.6. The fraction of sp³-hybridized carbons (Fsp3) is 0.588. The first kappa shape index (κ1) is 15.3. The Morgan fingerprint density at radius 1 is 1.36 bits per heavy atom. The second-order valence-electron chi connectivity index (χ2n) is 5.79. The van der Waals surface area contributed by atoms with Crippen LogP contribution < -0.4 is 4.74 Å². The Labute approximate surface area is 131 Å². The molecule has 0 atom stereocenters. The molecule has 22 heavy (non-hydrogen) atoms. The van der Waals surface area contributed by atoms with Gasteiger partial charge in [-0.15, -0.1) is 0 Å². The molecule has 0 aliphatic carbocycles. The molecule has 0 saturated carbocycles. The van der Waals surface area contributed by atoms with Crippen molar-refractivity contribution in [3.63, 3.8) is 0 Å². The van der Waals surface area contributed by atoms with Crippen molar-refractivity contribution < 1.29 is 9.47 Å². The highest BCUT2D eigenvalue weighted by atomic mass is 16.5. The number of aromatic nitrogens is 2. The molecule has 5 heteroatoms. The van der Waals surface area contributed by atoms with Crippen LogP contribution in [0.4, 0.5) is 0 Å². The molecule has 0 bridgehead atoms. The molecule has 0 radical (unpaired) electrons. The molecule has 1 aliphatic rings. The molecular formula is C17H25N3O2. The van der Waals surface area contributed by atoms with E-state index >= 15 is 0 Å². The van der Waals surface area contributed by atoms with Gasteiger partial charge >= 0.3 is 0 Å². The summed E-state index contributed by atoms with van der Waals surface area (Å²) >= 11 is 0. The van der Waals surface area contributed by atoms with Crippen molar-refractivity contribution in [2.24, 2.45) is 0 Å². The topological polar surface area (TPSA) is 50.4 Å². The lowest BCUT2D eigenvalue weighted by atomic mass is 10.1. The third-order valence-electron chi connectivity index (χ3n) is 4.49. The molecule has 0 unspecified atom stereocenters. The van der Waals surface area contributed by atoms with Crippen LogP contribution in [0.5, 0.6) is 5.75 Å². The first-order chi connectivity index (χ1) is 10.8. The van der Waals surface area contributed by atoms with E-state index in [0.29, 0.717) is 6.04 Å². The lowest BCUT2D eigenvalue weighted by Crippen LogP contribution is -2.40. The molecule has 5 nitrogen and oxygen atoms in total. The lowest BCUT2D eigenvalue weighted by Gasteiger charge is -2.33. The minimum absolute atomic E-state index is 0.656. The highest BCUT2D eigenvalue weighted by molar-refractivity contribution is 5.76. The first-order valence-electron chi connectivity index (χ1n) is 8.14. The third-order valence-corrected chi connectivity index (χ3v) is 4.49. The Balaban J connectivity index is 1.64. The SMILES string of the molecule is CCN(CCc1nc2ccc(OC)cc2[nH]1)C1CCOCC1. The maximum atomic E-state index is 5.46. The van der Waals surface area contributed by atoms with Crippen LogP contribution in [0.15, 0.2) is 18.2 Å². The van der Waals surface area contributed by atoms with Gasteiger partial charge in [-0.05, 0) is 31.5 Å². The predicted octanol–water partition coefficient (Wildman–Crippen LogP) is 2.61. The van der Waals surface area contributed by atoms with Gasteiger partial charge in [0.25, 0.3) is 0 Å². The van der Waals surface area contributed by atoms with Crippen molar-refractivity contribution in [1.29, 1.82) is 0 Å². The zero-order valence-electron chi connectivity index (χ0n) is 13.5. The van der Waals surface area contributed by atoms with Gasteiger partial charge in [0, 0.05) is 38.3 Å². The summed E-state index contributed by atoms with van der Waals surface area (Å²) in [5, 5.41) is 0. The average Bonchev–Trinajstić information content (AvgIpc) is 2.98. The van der Waals surface area contributed by atoms with E-state index in [1.165, 1.54) is 0 Å². The molecular weight excluding hydrogens is 278 g/mol. The number of fused-ring (bicyclic) bond motifs is 1. The van der Waals surface area contributed by atoms with Crippen LogP contribution in [0, 0.1) is 0 Å². The predicted molar refractivity (Wildman–Crippen MR) is 87.4 cm³/mol. The summed E-state index contributed by atoms with van der Waals surface area (Å²) in [6.45, 7) is 6.15. The van der Waals surface area contributed by atoms with Crippen LogP contribution in [0.2, 0.25) is 0 Å². The number of ether oxygens (including phenoxy) is 2. The van der Waals surface area contributed by atoms with Crippen LogP contribution in [-0.2, 0) is 11.2 Å². The number of hydrogen-bond donors (Lipinski definition) is 1. The Hall–Kier alpha value is -1.59. The number of hydrogen-bond acceptors (Lipinski definition) is 4. The molecule has 1 fully saturated rings. The van der Waals surface area contributed by atoms with Gasteiger partial charge < -0.3 is 19.4 Å². The van der Waals surface area contributed by atoms with Gasteiger partial charge in [0.05, 0.1) is 18.1 Å². The third kappa shape index (κ3) is 3.42. The Morgan fingerprint density at radius 3 is 2.91 bits per heavy atom. The van der Waals surface area contributed by atoms with Crippen molar-refractivity contribution in [3.8, 4) is 5.75 Å². The van der Waals surface area contributed by atoms with E-state index in [4.69, 9.17) is 9.47 Å². The van der Waals surface area contributed by atoms with Crippen molar-refractivity contribution in [3.05, 3.63) is 24.0 Å². The molecule has 1 aromatic carbocycles. The fourth-order valence-corrected chi connectivity index (χ4v) is 3.19. The standard InChI is InChI=1S/C17H25N3O2/c1-3-20(13-7-10-22-11-8-13)9-6-17-18-15-5-4-14(21-2)12-16(15)19-17/h4-5,12-13H,3,6-11H2,1-2H3,(H,18,19). The van der Waals surface area contributed by atoms with Crippen LogP contribution >= 0.6 is 0 Å². The van der Waals surface area contributed by atoms with E-state index in [0.717, 1.165) is 68.2 Å². The van der Waals surface area contributed by atoms with Gasteiger partial charge in [0.2, 0.25) is 0 Å². The summed E-state index contributed by atoms with van der Waals surface area (Å²) in [6.07, 6.45) is 3.23. The van der Waals surface area contributed by atoms with Gasteiger partial charge in [-0.1, -0.05) is 6.92 Å². The molecule has 1 aromatic heterocycles. The van der Waals surface area contributed by atoms with E-state index < -0.39 is 0 Å². The molecule has 1 N–H and O–H groups in total. The van der Waals surface area contributed by atoms with Gasteiger partial charge in [0.15, 0.2) is 0 Å². The number of imidazole rings is 1. The normalized spacial score (nSPS) is 16.5. The second-order valence-corrected chi connectivity index (χ2v) is 5.79. The van der Waals surface area contributed by atoms with E-state index in [1.807, 2.05) is 18.2 Å². The highest BCUT2D eigenvalue weighted by Crippen LogP contribution is 2.19. The van der Waals surface area contributed by atoms with Crippen molar-refractivity contribution in [1.82, 2.24) is 14.9 Å². The van der Waals surface area contributed by atoms with E-state index in [-0.39, 0.29) is 0 Å². The highest BCUT2D eigenvalue weighted by Gasteiger charge is 2.20. The van der Waals surface area contributed by atoms with E-state index in [9.17, 15) is 0 Å². The zero-order valence-corrected chi connectivity index (χ0v) is 13.5. The molecule has 0 spiro atoms. The maximum absolute atomic E-state index is 5.46. The molecule has 3 rings (SSSR count). The van der Waals surface area contributed by atoms with Gasteiger partial charge in [-0.2, -0.15) is 0 Å². The van der Waals surface area contributed by atoms with Crippen LogP contribution in [-0.4, -0.2) is 54.3 Å². The summed E-state index contributed by atoms with van der Waals surface area (Å²) in [5.41, 5.74) is 2.05. The molecule has 1 aliphatic heterocycles. The van der Waals surface area contributed by atoms with Gasteiger partial charge in [-0.3, -0.25) is 0 Å². The van der Waals surface area contributed by atoms with E-state index in [1.54, 1.807) is 7.11 Å². The summed E-state index contributed by atoms with van der Waals surface area (Å²) in [5.74, 6) is 1.91. The molecule has 120 valence electrons. The summed E-state index contributed by atoms with van der Waals surface area (Å²) < 4.78 is 10.7. The van der Waals surface area contributed by atoms with Crippen molar-refractivity contribution in [2.75, 3.05) is 33.4 Å². The second kappa shape index (κ2) is 7.11. The maximum Gasteiger partial charge on any atom is 0.121 e. The smallest absolute Gasteiger partial charge is 0.121 e. The van der Waals surface area contributed by atoms with E-state index in [2.05, 4.69) is 21.8 Å². The number of rotatable bonds is 6. The van der Waals surface area contributed by atoms with Crippen molar-refractivity contribution >= 4 is 11.0 Å². The Morgan fingerprint density at radius 2 is 2.18 bits per heavy atom. The number of methoxy groups -OCH3 is 1. The Kier molecular flexibility index (Phi) is 4.95. The fourth-order valence-electron chi connectivity index (χ4n) is 3.19. The van der Waals surface area contributed by atoms with Crippen LogP contribution in [0.25, 0.3) is 11.0 Å². The van der Waals surface area contributed by atoms with Crippen LogP contribution in [0.1, 0.15) is 25.6 Å². The minimum Gasteiger partial charge on any atom is -0.497 e. The van der Waals surface area contributed by atoms with Crippen LogP contribution in [0.3, 0.4) is 0 Å². The average molecular weight is 303 g/mol. The number of nitrogens with one attached hydrogen (secondary N) is 1. The minimum atomic E-state index is 0.656. The molecule has 2 heterocycles. The van der Waals surface area contributed by atoms with Crippen molar-refractivity contribution in [2.45, 2.75) is 32.2 Å². The lowest BCUT2D eigenvalue weighted by molar-refractivity contribution is 0.0361. The first-order valence-corrected chi connectivity index (χ1v) is 8.14.